The second-order valence-electron chi connectivity index (χ2n) is 5.41. The third-order valence-electron chi connectivity index (χ3n) is 3.43. The molecule has 1 atom stereocenters. The molecule has 142 valence electrons. The Hall–Kier alpha value is -1.28. The highest BCUT2D eigenvalue weighted by Crippen LogP contribution is 2.12. The molecule has 1 amide bonds. The molecule has 1 rings (SSSR count). The van der Waals surface area contributed by atoms with E-state index in [9.17, 15) is 13.6 Å². The Bertz CT molecular complexity index is 511. The van der Waals surface area contributed by atoms with Crippen LogP contribution in [0.4, 0.5) is 8.78 Å². The molecule has 0 radical (unpaired) electrons. The van der Waals surface area contributed by atoms with Gasteiger partial charge in [0.2, 0.25) is 5.91 Å². The maximum absolute atomic E-state index is 12.9. The van der Waals surface area contributed by atoms with Crippen LogP contribution in [0.5, 0.6) is 0 Å². The monoisotopic (exact) mass is 378 g/mol. The fourth-order valence-corrected chi connectivity index (χ4v) is 2.45. The molecule has 25 heavy (non-hydrogen) atoms. The van der Waals surface area contributed by atoms with E-state index in [4.69, 9.17) is 26.8 Å². The van der Waals surface area contributed by atoms with Crippen molar-refractivity contribution < 1.29 is 23.0 Å². The van der Waals surface area contributed by atoms with Crippen LogP contribution in [0, 0.1) is 0 Å². The van der Waals surface area contributed by atoms with Gasteiger partial charge in [0.05, 0.1) is 19.1 Å². The molecular formula is C17H25ClF2N2O3. The topological polar surface area (TPSA) is 64.8 Å². The van der Waals surface area contributed by atoms with Crippen LogP contribution >= 0.6 is 11.6 Å². The number of carbonyl (C=O) groups excluding carboxylic acids is 1. The summed E-state index contributed by atoms with van der Waals surface area (Å²) in [4.78, 5) is 13.5. The predicted octanol–water partition coefficient (Wildman–Crippen LogP) is 2.70. The molecule has 0 aromatic heterocycles. The number of ether oxygens (including phenoxy) is 2. The van der Waals surface area contributed by atoms with E-state index in [0.717, 1.165) is 10.5 Å². The molecule has 0 aliphatic rings. The number of amides is 1. The third-order valence-corrected chi connectivity index (χ3v) is 3.68. The quantitative estimate of drug-likeness (QED) is 0.601. The van der Waals surface area contributed by atoms with E-state index in [0.29, 0.717) is 18.2 Å². The van der Waals surface area contributed by atoms with Gasteiger partial charge in [-0.2, -0.15) is 0 Å². The van der Waals surface area contributed by atoms with Crippen LogP contribution in [0.3, 0.4) is 0 Å². The number of carbonyl (C=O) groups is 1. The predicted molar refractivity (Wildman–Crippen MR) is 92.8 cm³/mol. The number of halogens is 3. The highest BCUT2D eigenvalue weighted by molar-refractivity contribution is 6.30. The first-order chi connectivity index (χ1) is 11.9. The van der Waals surface area contributed by atoms with E-state index < -0.39 is 31.2 Å². The van der Waals surface area contributed by atoms with Gasteiger partial charge in [0.25, 0.3) is 6.43 Å². The Kier molecular flexibility index (Phi) is 9.89. The number of rotatable bonds is 11. The fourth-order valence-electron chi connectivity index (χ4n) is 2.32. The average Bonchev–Trinajstić information content (AvgIpc) is 2.55. The first-order valence-electron chi connectivity index (χ1n) is 8.17. The molecule has 1 aromatic carbocycles. The van der Waals surface area contributed by atoms with E-state index in [1.165, 1.54) is 0 Å². The summed E-state index contributed by atoms with van der Waals surface area (Å²) in [6.45, 7) is 3.40. The smallest absolute Gasteiger partial charge is 0.255 e. The van der Waals surface area contributed by atoms with Crippen LogP contribution in [0.2, 0.25) is 5.02 Å². The van der Waals surface area contributed by atoms with E-state index in [1.807, 2.05) is 0 Å². The van der Waals surface area contributed by atoms with Crippen LogP contribution in [-0.2, 0) is 20.7 Å². The first kappa shape index (κ1) is 21.8. The lowest BCUT2D eigenvalue weighted by Gasteiger charge is -2.29. The molecule has 2 N–H and O–H groups in total. The molecular weight excluding hydrogens is 354 g/mol. The van der Waals surface area contributed by atoms with E-state index >= 15 is 0 Å². The summed E-state index contributed by atoms with van der Waals surface area (Å²) in [5.74, 6) is -0.570. The van der Waals surface area contributed by atoms with Crippen molar-refractivity contribution in [2.24, 2.45) is 5.73 Å². The van der Waals surface area contributed by atoms with E-state index in [1.54, 1.807) is 38.1 Å². The van der Waals surface area contributed by atoms with Gasteiger partial charge in [-0.1, -0.05) is 23.7 Å². The molecule has 0 heterocycles. The van der Waals surface area contributed by atoms with Crippen molar-refractivity contribution in [1.82, 2.24) is 4.90 Å². The number of nitrogens with zero attached hydrogens (tertiary/aromatic N) is 1. The molecule has 0 aliphatic heterocycles. The summed E-state index contributed by atoms with van der Waals surface area (Å²) in [5.41, 5.74) is 6.74. The molecule has 0 fully saturated rings. The summed E-state index contributed by atoms with van der Waals surface area (Å²) in [6, 6.07) is 5.92. The van der Waals surface area contributed by atoms with Gasteiger partial charge in [-0.15, -0.1) is 0 Å². The largest absolute Gasteiger partial charge is 0.351 e. The SMILES string of the molecule is CCOC(CN(CC(F)F)C(=O)C(N)Cc1ccc(Cl)cc1)OCC. The molecule has 0 saturated heterocycles. The number of nitrogens with two attached hydrogens (primary N) is 1. The number of hydrogen-bond acceptors (Lipinski definition) is 4. The molecule has 1 aromatic rings. The van der Waals surface area contributed by atoms with Gasteiger partial charge >= 0.3 is 0 Å². The summed E-state index contributed by atoms with van der Waals surface area (Å²) in [5, 5.41) is 0.569. The molecule has 8 heteroatoms. The van der Waals surface area contributed by atoms with Gasteiger partial charge in [0.1, 0.15) is 0 Å². The Labute approximate surface area is 152 Å². The molecule has 0 saturated carbocycles. The van der Waals surface area contributed by atoms with Gasteiger partial charge in [-0.3, -0.25) is 4.79 Å². The summed E-state index contributed by atoms with van der Waals surface area (Å²) < 4.78 is 36.4. The highest BCUT2D eigenvalue weighted by Gasteiger charge is 2.27. The lowest BCUT2D eigenvalue weighted by Crippen LogP contribution is -2.50. The van der Waals surface area contributed by atoms with Crippen LogP contribution in [0.15, 0.2) is 24.3 Å². The number of alkyl halides is 2. The zero-order valence-electron chi connectivity index (χ0n) is 14.5. The Morgan fingerprint density at radius 1 is 1.16 bits per heavy atom. The van der Waals surface area contributed by atoms with E-state index in [-0.39, 0.29) is 13.0 Å². The summed E-state index contributed by atoms with van der Waals surface area (Å²) in [6.07, 6.45) is -3.21. The Balaban J connectivity index is 2.77. The minimum absolute atomic E-state index is 0.0980. The molecule has 0 bridgehead atoms. The molecule has 5 nitrogen and oxygen atoms in total. The van der Waals surface area contributed by atoms with Crippen molar-refractivity contribution in [1.29, 1.82) is 0 Å². The van der Waals surface area contributed by atoms with Gasteiger partial charge < -0.3 is 20.1 Å². The summed E-state index contributed by atoms with van der Waals surface area (Å²) >= 11 is 5.82. The zero-order chi connectivity index (χ0) is 18.8. The second kappa shape index (κ2) is 11.4. The number of hydrogen-bond donors (Lipinski definition) is 1. The molecule has 0 spiro atoms. The minimum atomic E-state index is -2.67. The summed E-state index contributed by atoms with van der Waals surface area (Å²) in [7, 11) is 0. The Morgan fingerprint density at radius 3 is 2.20 bits per heavy atom. The first-order valence-corrected chi connectivity index (χ1v) is 8.55. The van der Waals surface area contributed by atoms with Gasteiger partial charge in [0, 0.05) is 18.2 Å². The van der Waals surface area contributed by atoms with Gasteiger partial charge in [-0.25, -0.2) is 8.78 Å². The van der Waals surface area contributed by atoms with Crippen molar-refractivity contribution in [3.63, 3.8) is 0 Å². The van der Waals surface area contributed by atoms with Gasteiger partial charge in [0.15, 0.2) is 6.29 Å². The average molecular weight is 379 g/mol. The van der Waals surface area contributed by atoms with Crippen molar-refractivity contribution in [2.75, 3.05) is 26.3 Å². The van der Waals surface area contributed by atoms with Crippen LogP contribution < -0.4 is 5.73 Å². The minimum Gasteiger partial charge on any atom is -0.351 e. The normalized spacial score (nSPS) is 12.6. The maximum atomic E-state index is 12.9. The second-order valence-corrected chi connectivity index (χ2v) is 5.85. The molecule has 0 aliphatic carbocycles. The van der Waals surface area contributed by atoms with Crippen LogP contribution in [0.25, 0.3) is 0 Å². The van der Waals surface area contributed by atoms with Crippen molar-refractivity contribution in [3.05, 3.63) is 34.9 Å². The Morgan fingerprint density at radius 2 is 1.72 bits per heavy atom. The maximum Gasteiger partial charge on any atom is 0.255 e. The van der Waals surface area contributed by atoms with Crippen molar-refractivity contribution in [2.45, 2.75) is 39.0 Å². The van der Waals surface area contributed by atoms with Crippen LogP contribution in [0.1, 0.15) is 19.4 Å². The number of benzene rings is 1. The fraction of sp³-hybridized carbons (Fsp3) is 0.588. The third kappa shape index (κ3) is 8.09. The lowest BCUT2D eigenvalue weighted by molar-refractivity contribution is -0.162. The van der Waals surface area contributed by atoms with E-state index in [2.05, 4.69) is 0 Å². The zero-order valence-corrected chi connectivity index (χ0v) is 15.2. The molecule has 1 unspecified atom stereocenters. The lowest BCUT2D eigenvalue weighted by atomic mass is 10.1. The van der Waals surface area contributed by atoms with Gasteiger partial charge in [-0.05, 0) is 38.0 Å². The van der Waals surface area contributed by atoms with Crippen molar-refractivity contribution >= 4 is 17.5 Å². The highest BCUT2D eigenvalue weighted by atomic mass is 35.5. The standard InChI is InChI=1S/C17H25ClF2N2O3/c1-3-24-16(25-4-2)11-22(10-15(19)20)17(23)14(21)9-12-5-7-13(18)8-6-12/h5-8,14-16H,3-4,9-11,21H2,1-2H3. The van der Waals surface area contributed by atoms with Crippen molar-refractivity contribution in [3.8, 4) is 0 Å². The van der Waals surface area contributed by atoms with Crippen LogP contribution in [-0.4, -0.2) is 55.9 Å².